The standard InChI is InChI=1S/C17H19Br2N/c1-12-10-15(18)17(16(19)11-12)20-13(2)8-9-14-6-4-3-5-7-14/h3-7,10-11,13,20H,8-9H2,1-2H3. The Kier molecular flexibility index (Phi) is 5.67. The van der Waals surface area contributed by atoms with Gasteiger partial charge in [0.05, 0.1) is 5.69 Å². The number of rotatable bonds is 5. The van der Waals surface area contributed by atoms with Crippen LogP contribution in [0, 0.1) is 6.92 Å². The molecule has 3 heteroatoms. The zero-order chi connectivity index (χ0) is 14.5. The van der Waals surface area contributed by atoms with Gasteiger partial charge in [-0.3, -0.25) is 0 Å². The summed E-state index contributed by atoms with van der Waals surface area (Å²) in [4.78, 5) is 0. The summed E-state index contributed by atoms with van der Waals surface area (Å²) < 4.78 is 2.21. The molecule has 0 saturated heterocycles. The van der Waals surface area contributed by atoms with Gasteiger partial charge in [0.1, 0.15) is 0 Å². The van der Waals surface area contributed by atoms with Crippen LogP contribution in [0.2, 0.25) is 0 Å². The minimum atomic E-state index is 0.422. The first-order chi connectivity index (χ1) is 9.56. The molecule has 2 aromatic carbocycles. The van der Waals surface area contributed by atoms with E-state index in [0.717, 1.165) is 27.5 Å². The normalized spacial score (nSPS) is 12.2. The number of aryl methyl sites for hydroxylation is 2. The van der Waals surface area contributed by atoms with E-state index in [0.29, 0.717) is 6.04 Å². The molecule has 0 heterocycles. The van der Waals surface area contributed by atoms with Crippen LogP contribution in [0.1, 0.15) is 24.5 Å². The summed E-state index contributed by atoms with van der Waals surface area (Å²) >= 11 is 7.26. The second kappa shape index (κ2) is 7.28. The summed E-state index contributed by atoms with van der Waals surface area (Å²) in [6.45, 7) is 4.32. The van der Waals surface area contributed by atoms with Crippen LogP contribution in [0.3, 0.4) is 0 Å². The lowest BCUT2D eigenvalue weighted by molar-refractivity contribution is 0.705. The smallest absolute Gasteiger partial charge is 0.0631 e. The summed E-state index contributed by atoms with van der Waals surface area (Å²) in [5.41, 5.74) is 3.77. The van der Waals surface area contributed by atoms with Crippen molar-refractivity contribution in [2.24, 2.45) is 0 Å². The molecule has 1 nitrogen and oxygen atoms in total. The molecule has 0 aliphatic rings. The van der Waals surface area contributed by atoms with Crippen LogP contribution in [0.5, 0.6) is 0 Å². The summed E-state index contributed by atoms with van der Waals surface area (Å²) in [5.74, 6) is 0. The Bertz CT molecular complexity index is 543. The molecule has 1 unspecified atom stereocenters. The fourth-order valence-electron chi connectivity index (χ4n) is 2.18. The lowest BCUT2D eigenvalue weighted by atomic mass is 10.1. The van der Waals surface area contributed by atoms with E-state index in [4.69, 9.17) is 0 Å². The number of hydrogen-bond donors (Lipinski definition) is 1. The molecular formula is C17H19Br2N. The van der Waals surface area contributed by atoms with Crippen molar-refractivity contribution in [2.45, 2.75) is 32.7 Å². The highest BCUT2D eigenvalue weighted by Gasteiger charge is 2.09. The van der Waals surface area contributed by atoms with Gasteiger partial charge < -0.3 is 5.32 Å². The monoisotopic (exact) mass is 395 g/mol. The summed E-state index contributed by atoms with van der Waals surface area (Å²) in [5, 5.41) is 3.58. The van der Waals surface area contributed by atoms with Crippen LogP contribution < -0.4 is 5.32 Å². The van der Waals surface area contributed by atoms with Crippen LogP contribution in [0.15, 0.2) is 51.4 Å². The van der Waals surface area contributed by atoms with Crippen molar-refractivity contribution >= 4 is 37.5 Å². The fraction of sp³-hybridized carbons (Fsp3) is 0.294. The Morgan fingerprint density at radius 3 is 2.25 bits per heavy atom. The fourth-order valence-corrected chi connectivity index (χ4v) is 3.83. The Balaban J connectivity index is 1.96. The van der Waals surface area contributed by atoms with Crippen molar-refractivity contribution in [2.75, 3.05) is 5.32 Å². The lowest BCUT2D eigenvalue weighted by Crippen LogP contribution is -2.16. The van der Waals surface area contributed by atoms with Gasteiger partial charge >= 0.3 is 0 Å². The first-order valence-electron chi connectivity index (χ1n) is 6.82. The number of nitrogens with one attached hydrogen (secondary N) is 1. The maximum Gasteiger partial charge on any atom is 0.0631 e. The Morgan fingerprint density at radius 2 is 1.65 bits per heavy atom. The van der Waals surface area contributed by atoms with E-state index in [9.17, 15) is 0 Å². The first kappa shape index (κ1) is 15.6. The van der Waals surface area contributed by atoms with Crippen LogP contribution in [-0.2, 0) is 6.42 Å². The van der Waals surface area contributed by atoms with E-state index < -0.39 is 0 Å². The molecule has 0 aliphatic carbocycles. The molecule has 106 valence electrons. The van der Waals surface area contributed by atoms with Crippen LogP contribution >= 0.6 is 31.9 Å². The SMILES string of the molecule is Cc1cc(Br)c(NC(C)CCc2ccccc2)c(Br)c1. The minimum absolute atomic E-state index is 0.422. The highest BCUT2D eigenvalue weighted by molar-refractivity contribution is 9.11. The third kappa shape index (κ3) is 4.35. The molecule has 0 radical (unpaired) electrons. The Morgan fingerprint density at radius 1 is 1.05 bits per heavy atom. The van der Waals surface area contributed by atoms with Crippen molar-refractivity contribution in [1.29, 1.82) is 0 Å². The van der Waals surface area contributed by atoms with Crippen molar-refractivity contribution in [1.82, 2.24) is 0 Å². The van der Waals surface area contributed by atoms with Gasteiger partial charge in [-0.15, -0.1) is 0 Å². The number of halogens is 2. The van der Waals surface area contributed by atoms with E-state index in [2.05, 4.69) is 93.5 Å². The van der Waals surface area contributed by atoms with Gasteiger partial charge in [-0.25, -0.2) is 0 Å². The molecular weight excluding hydrogens is 378 g/mol. The Hall–Kier alpha value is -0.800. The van der Waals surface area contributed by atoms with Gasteiger partial charge in [-0.1, -0.05) is 30.3 Å². The molecule has 0 fully saturated rings. The van der Waals surface area contributed by atoms with Gasteiger partial charge in [-0.05, 0) is 81.8 Å². The largest absolute Gasteiger partial charge is 0.381 e. The number of anilines is 1. The molecule has 2 rings (SSSR count). The average Bonchev–Trinajstić information content (AvgIpc) is 2.42. The summed E-state index contributed by atoms with van der Waals surface area (Å²) in [7, 11) is 0. The molecule has 1 atom stereocenters. The molecule has 0 aromatic heterocycles. The molecule has 0 bridgehead atoms. The molecule has 0 spiro atoms. The summed E-state index contributed by atoms with van der Waals surface area (Å²) in [6, 6.07) is 15.3. The van der Waals surface area contributed by atoms with Crippen molar-refractivity contribution in [3.8, 4) is 0 Å². The van der Waals surface area contributed by atoms with E-state index in [1.807, 2.05) is 0 Å². The van der Waals surface area contributed by atoms with Gasteiger partial charge in [0.15, 0.2) is 0 Å². The highest BCUT2D eigenvalue weighted by Crippen LogP contribution is 2.33. The van der Waals surface area contributed by atoms with E-state index in [-0.39, 0.29) is 0 Å². The number of hydrogen-bond acceptors (Lipinski definition) is 1. The predicted molar refractivity (Wildman–Crippen MR) is 94.4 cm³/mol. The molecule has 0 saturated carbocycles. The summed E-state index contributed by atoms with van der Waals surface area (Å²) in [6.07, 6.45) is 2.20. The van der Waals surface area contributed by atoms with E-state index in [1.54, 1.807) is 0 Å². The maximum absolute atomic E-state index is 3.63. The third-order valence-electron chi connectivity index (χ3n) is 3.29. The second-order valence-corrected chi connectivity index (χ2v) is 6.88. The van der Waals surface area contributed by atoms with E-state index in [1.165, 1.54) is 11.1 Å². The van der Waals surface area contributed by atoms with Gasteiger partial charge in [0.25, 0.3) is 0 Å². The molecule has 2 aromatic rings. The zero-order valence-corrected chi connectivity index (χ0v) is 15.0. The van der Waals surface area contributed by atoms with Crippen LogP contribution in [-0.4, -0.2) is 6.04 Å². The number of benzene rings is 2. The Labute approximate surface area is 138 Å². The second-order valence-electron chi connectivity index (χ2n) is 5.17. The van der Waals surface area contributed by atoms with Crippen molar-refractivity contribution in [3.05, 3.63) is 62.5 Å². The van der Waals surface area contributed by atoms with Gasteiger partial charge in [-0.2, -0.15) is 0 Å². The maximum atomic E-state index is 3.63. The van der Waals surface area contributed by atoms with Gasteiger partial charge in [0.2, 0.25) is 0 Å². The quantitative estimate of drug-likeness (QED) is 0.657. The molecule has 20 heavy (non-hydrogen) atoms. The topological polar surface area (TPSA) is 12.0 Å². The van der Waals surface area contributed by atoms with Crippen LogP contribution in [0.25, 0.3) is 0 Å². The van der Waals surface area contributed by atoms with Crippen LogP contribution in [0.4, 0.5) is 5.69 Å². The predicted octanol–water partition coefficient (Wildman–Crippen LogP) is 5.95. The third-order valence-corrected chi connectivity index (χ3v) is 4.54. The van der Waals surface area contributed by atoms with E-state index >= 15 is 0 Å². The van der Waals surface area contributed by atoms with Crippen molar-refractivity contribution in [3.63, 3.8) is 0 Å². The average molecular weight is 397 g/mol. The minimum Gasteiger partial charge on any atom is -0.381 e. The molecule has 1 N–H and O–H groups in total. The first-order valence-corrected chi connectivity index (χ1v) is 8.41. The molecule has 0 amide bonds. The molecule has 0 aliphatic heterocycles. The zero-order valence-electron chi connectivity index (χ0n) is 11.8. The lowest BCUT2D eigenvalue weighted by Gasteiger charge is -2.18. The highest BCUT2D eigenvalue weighted by atomic mass is 79.9. The van der Waals surface area contributed by atoms with Crippen molar-refractivity contribution < 1.29 is 0 Å². The van der Waals surface area contributed by atoms with Gasteiger partial charge in [0, 0.05) is 15.0 Å².